The fraction of sp³-hybridized carbons (Fsp3) is 0.800. The zero-order valence-electron chi connectivity index (χ0n) is 18.1. The van der Waals surface area contributed by atoms with Gasteiger partial charge in [-0.25, -0.2) is 4.99 Å². The first kappa shape index (κ1) is 25.4. The molecule has 1 aromatic rings. The molecule has 8 heteroatoms. The second-order valence-corrected chi connectivity index (χ2v) is 9.20. The molecule has 1 fully saturated rings. The Kier molecular flexibility index (Phi) is 11.6. The lowest BCUT2D eigenvalue weighted by Gasteiger charge is -2.30. The van der Waals surface area contributed by atoms with Crippen LogP contribution in [0, 0.1) is 0 Å². The average molecular weight is 524 g/mol. The zero-order valence-corrected chi connectivity index (χ0v) is 21.2. The lowest BCUT2D eigenvalue weighted by atomic mass is 9.95. The number of rotatable bonds is 8. The van der Waals surface area contributed by atoms with E-state index in [1.807, 2.05) is 18.7 Å². The van der Waals surface area contributed by atoms with E-state index in [9.17, 15) is 4.21 Å². The fourth-order valence-corrected chi connectivity index (χ4v) is 5.34. The summed E-state index contributed by atoms with van der Waals surface area (Å²) >= 11 is 0. The molecule has 0 aliphatic heterocycles. The number of nitrogens with one attached hydrogen (secondary N) is 2. The Hall–Kier alpha value is -0.640. The van der Waals surface area contributed by atoms with Gasteiger partial charge in [-0.2, -0.15) is 5.10 Å². The van der Waals surface area contributed by atoms with Crippen LogP contribution in [0.25, 0.3) is 0 Å². The van der Waals surface area contributed by atoms with Crippen LogP contribution >= 0.6 is 24.0 Å². The lowest BCUT2D eigenvalue weighted by Crippen LogP contribution is -2.46. The van der Waals surface area contributed by atoms with Crippen molar-refractivity contribution in [3.8, 4) is 0 Å². The molecule has 1 aromatic heterocycles. The summed E-state index contributed by atoms with van der Waals surface area (Å²) in [7, 11) is 1.32. The smallest absolute Gasteiger partial charge is 0.191 e. The van der Waals surface area contributed by atoms with Crippen molar-refractivity contribution < 1.29 is 4.21 Å². The van der Waals surface area contributed by atoms with Gasteiger partial charge in [0.15, 0.2) is 5.96 Å². The third-order valence-electron chi connectivity index (χ3n) is 5.39. The van der Waals surface area contributed by atoms with Crippen LogP contribution < -0.4 is 10.6 Å². The van der Waals surface area contributed by atoms with Crippen molar-refractivity contribution in [2.24, 2.45) is 12.0 Å². The normalized spacial score (nSPS) is 21.1. The van der Waals surface area contributed by atoms with E-state index in [0.29, 0.717) is 17.8 Å². The van der Waals surface area contributed by atoms with Gasteiger partial charge < -0.3 is 10.6 Å². The van der Waals surface area contributed by atoms with Crippen LogP contribution in [0.3, 0.4) is 0 Å². The van der Waals surface area contributed by atoms with Crippen molar-refractivity contribution in [1.29, 1.82) is 0 Å². The molecular weight excluding hydrogens is 485 g/mol. The molecule has 1 aliphatic rings. The molecule has 2 rings (SSSR count). The summed E-state index contributed by atoms with van der Waals surface area (Å²) < 4.78 is 14.2. The summed E-state index contributed by atoms with van der Waals surface area (Å²) in [6.07, 6.45) is 6.20. The molecule has 0 bridgehead atoms. The summed E-state index contributed by atoms with van der Waals surface area (Å²) in [5, 5.41) is 11.9. The summed E-state index contributed by atoms with van der Waals surface area (Å²) in [5.74, 6) is 1.62. The van der Waals surface area contributed by atoms with Crippen LogP contribution in [0.5, 0.6) is 0 Å². The van der Waals surface area contributed by atoms with Gasteiger partial charge in [0.25, 0.3) is 0 Å². The number of guanidine groups is 1. The molecule has 0 spiro atoms. The summed E-state index contributed by atoms with van der Waals surface area (Å²) in [6.45, 7) is 9.90. The fourth-order valence-electron chi connectivity index (χ4n) is 3.99. The number of aromatic nitrogens is 2. The Labute approximate surface area is 190 Å². The highest BCUT2D eigenvalue weighted by molar-refractivity contribution is 14.0. The van der Waals surface area contributed by atoms with E-state index >= 15 is 0 Å². The molecule has 162 valence electrons. The topological polar surface area (TPSA) is 71.3 Å². The number of aryl methyl sites for hydroxylation is 2. The molecule has 28 heavy (non-hydrogen) atoms. The standard InChI is InChI=1S/C20H37N5OS.HI/c1-6-18-17(19(7-2)25(5)24-18)14-22-20(21-8-3)23-15-11-10-12-16(13-15)27(26)9-4;/h15-16H,6-14H2,1-5H3,(H2,21,22,23);1H. The van der Waals surface area contributed by atoms with Gasteiger partial charge in [0.2, 0.25) is 0 Å². The second kappa shape index (κ2) is 12.8. The van der Waals surface area contributed by atoms with Gasteiger partial charge in [0, 0.05) is 52.7 Å². The Morgan fingerprint density at radius 3 is 2.61 bits per heavy atom. The van der Waals surface area contributed by atoms with Crippen LogP contribution in [0.2, 0.25) is 0 Å². The third kappa shape index (κ3) is 6.71. The minimum atomic E-state index is -0.703. The average Bonchev–Trinajstić information content (AvgIpc) is 3.00. The van der Waals surface area contributed by atoms with Crippen molar-refractivity contribution in [1.82, 2.24) is 20.4 Å². The van der Waals surface area contributed by atoms with Gasteiger partial charge >= 0.3 is 0 Å². The SMILES string of the molecule is CCNC(=NCc1c(CC)nn(C)c1CC)NC1CCCC(S(=O)CC)C1.I. The Morgan fingerprint density at radius 2 is 2.00 bits per heavy atom. The molecule has 1 heterocycles. The molecule has 3 unspecified atom stereocenters. The predicted molar refractivity (Wildman–Crippen MR) is 130 cm³/mol. The van der Waals surface area contributed by atoms with Crippen molar-refractivity contribution in [2.75, 3.05) is 12.3 Å². The number of aliphatic imine (C=N–C) groups is 1. The van der Waals surface area contributed by atoms with Gasteiger partial charge in [-0.05, 0) is 39.0 Å². The molecule has 0 aromatic carbocycles. The van der Waals surface area contributed by atoms with Crippen LogP contribution in [0.4, 0.5) is 0 Å². The molecule has 1 saturated carbocycles. The van der Waals surface area contributed by atoms with Gasteiger partial charge in [0.1, 0.15) is 0 Å². The lowest BCUT2D eigenvalue weighted by molar-refractivity contribution is 0.413. The van der Waals surface area contributed by atoms with E-state index in [1.54, 1.807) is 0 Å². The molecule has 2 N–H and O–H groups in total. The Balaban J connectivity index is 0.00000392. The first-order valence-corrected chi connectivity index (χ1v) is 11.9. The van der Waals surface area contributed by atoms with Gasteiger partial charge in [-0.15, -0.1) is 24.0 Å². The quantitative estimate of drug-likeness (QED) is 0.312. The zero-order chi connectivity index (χ0) is 19.8. The van der Waals surface area contributed by atoms with Gasteiger partial charge in [-0.3, -0.25) is 8.89 Å². The van der Waals surface area contributed by atoms with E-state index in [0.717, 1.165) is 62.5 Å². The van der Waals surface area contributed by atoms with E-state index < -0.39 is 10.8 Å². The molecule has 1 aliphatic carbocycles. The molecule has 0 radical (unpaired) electrons. The van der Waals surface area contributed by atoms with Crippen molar-refractivity contribution in [2.45, 2.75) is 84.1 Å². The predicted octanol–water partition coefficient (Wildman–Crippen LogP) is 3.30. The van der Waals surface area contributed by atoms with E-state index in [4.69, 9.17) is 4.99 Å². The highest BCUT2D eigenvalue weighted by Gasteiger charge is 2.26. The number of hydrogen-bond acceptors (Lipinski definition) is 3. The van der Waals surface area contributed by atoms with Crippen LogP contribution in [-0.2, 0) is 37.2 Å². The summed E-state index contributed by atoms with van der Waals surface area (Å²) in [6, 6.07) is 0.349. The highest BCUT2D eigenvalue weighted by Crippen LogP contribution is 2.23. The van der Waals surface area contributed by atoms with Crippen molar-refractivity contribution >= 4 is 40.7 Å². The second-order valence-electron chi connectivity index (χ2n) is 7.20. The highest BCUT2D eigenvalue weighted by atomic mass is 127. The Morgan fingerprint density at radius 1 is 1.25 bits per heavy atom. The first-order valence-electron chi connectivity index (χ1n) is 10.5. The van der Waals surface area contributed by atoms with Gasteiger partial charge in [0.05, 0.1) is 12.2 Å². The maximum absolute atomic E-state index is 12.2. The number of nitrogens with zero attached hydrogens (tertiary/aromatic N) is 3. The summed E-state index contributed by atoms with van der Waals surface area (Å²) in [4.78, 5) is 4.86. The van der Waals surface area contributed by atoms with E-state index in [-0.39, 0.29) is 24.0 Å². The molecular formula is C20H38IN5OS. The maximum Gasteiger partial charge on any atom is 0.191 e. The van der Waals surface area contributed by atoms with E-state index in [1.165, 1.54) is 11.3 Å². The largest absolute Gasteiger partial charge is 0.357 e. The minimum Gasteiger partial charge on any atom is -0.357 e. The Bertz CT molecular complexity index is 661. The molecule has 3 atom stereocenters. The molecule has 0 saturated heterocycles. The van der Waals surface area contributed by atoms with E-state index in [2.05, 4.69) is 36.5 Å². The first-order chi connectivity index (χ1) is 13.0. The number of hydrogen-bond donors (Lipinski definition) is 2. The van der Waals surface area contributed by atoms with Crippen LogP contribution in [0.1, 0.15) is 70.3 Å². The van der Waals surface area contributed by atoms with Crippen LogP contribution in [-0.4, -0.2) is 43.5 Å². The minimum absolute atomic E-state index is 0. The molecule has 6 nitrogen and oxygen atoms in total. The maximum atomic E-state index is 12.2. The van der Waals surface area contributed by atoms with Crippen molar-refractivity contribution in [3.05, 3.63) is 17.0 Å². The van der Waals surface area contributed by atoms with Crippen LogP contribution in [0.15, 0.2) is 4.99 Å². The monoisotopic (exact) mass is 523 g/mol. The third-order valence-corrected chi connectivity index (χ3v) is 7.13. The number of halogens is 1. The van der Waals surface area contributed by atoms with Crippen molar-refractivity contribution in [3.63, 3.8) is 0 Å². The summed E-state index contributed by atoms with van der Waals surface area (Å²) in [5.41, 5.74) is 3.67. The van der Waals surface area contributed by atoms with Gasteiger partial charge in [-0.1, -0.05) is 27.2 Å². The molecule has 0 amide bonds.